The van der Waals surface area contributed by atoms with Crippen LogP contribution in [-0.2, 0) is 11.2 Å². The number of hydrogen-bond acceptors (Lipinski definition) is 3. The molecule has 1 aliphatic rings. The maximum absolute atomic E-state index is 5.46. The van der Waals surface area contributed by atoms with E-state index in [0.717, 1.165) is 26.1 Å². The molecule has 1 aliphatic heterocycles. The third kappa shape index (κ3) is 3.07. The molecule has 1 aromatic rings. The fourth-order valence-electron chi connectivity index (χ4n) is 2.37. The normalized spacial score (nSPS) is 22.2. The van der Waals surface area contributed by atoms with Crippen LogP contribution in [0.1, 0.15) is 32.0 Å². The highest BCUT2D eigenvalue weighted by Crippen LogP contribution is 2.19. The van der Waals surface area contributed by atoms with Crippen molar-refractivity contribution in [1.82, 2.24) is 15.1 Å². The van der Waals surface area contributed by atoms with E-state index in [-0.39, 0.29) is 0 Å². The van der Waals surface area contributed by atoms with Gasteiger partial charge in [0.05, 0.1) is 12.3 Å². The van der Waals surface area contributed by atoms with Crippen LogP contribution < -0.4 is 5.32 Å². The second-order valence-electron chi connectivity index (χ2n) is 5.10. The fourth-order valence-corrected chi connectivity index (χ4v) is 2.37. The van der Waals surface area contributed by atoms with Crippen LogP contribution in [0.15, 0.2) is 12.3 Å². The summed E-state index contributed by atoms with van der Waals surface area (Å²) in [6, 6.07) is 3.04. The Hall–Kier alpha value is -0.870. The summed E-state index contributed by atoms with van der Waals surface area (Å²) in [6.45, 7) is 6.09. The molecule has 1 fully saturated rings. The molecule has 4 nitrogen and oxygen atoms in total. The highest BCUT2D eigenvalue weighted by molar-refractivity contribution is 5.03. The number of ether oxygens (including phenoxy) is 1. The molecule has 0 amide bonds. The monoisotopic (exact) mass is 237 g/mol. The van der Waals surface area contributed by atoms with Gasteiger partial charge in [-0.3, -0.25) is 4.68 Å². The molecule has 0 spiro atoms. The van der Waals surface area contributed by atoms with Crippen LogP contribution in [0.25, 0.3) is 0 Å². The minimum absolute atomic E-state index is 0.437. The summed E-state index contributed by atoms with van der Waals surface area (Å²) in [5, 5.41) is 8.01. The molecule has 0 aliphatic carbocycles. The molecule has 17 heavy (non-hydrogen) atoms. The first-order chi connectivity index (χ1) is 8.20. The average Bonchev–Trinajstić information content (AvgIpc) is 2.96. The van der Waals surface area contributed by atoms with E-state index in [4.69, 9.17) is 4.74 Å². The zero-order valence-corrected chi connectivity index (χ0v) is 11.0. The molecule has 2 heterocycles. The van der Waals surface area contributed by atoms with Crippen LogP contribution >= 0.6 is 0 Å². The summed E-state index contributed by atoms with van der Waals surface area (Å²) in [4.78, 5) is 0. The van der Waals surface area contributed by atoms with Gasteiger partial charge in [0.1, 0.15) is 0 Å². The van der Waals surface area contributed by atoms with Crippen LogP contribution in [0.5, 0.6) is 0 Å². The molecule has 0 aromatic carbocycles. The predicted molar refractivity (Wildman–Crippen MR) is 68.1 cm³/mol. The van der Waals surface area contributed by atoms with Gasteiger partial charge in [0.15, 0.2) is 0 Å². The molecule has 4 heteroatoms. The number of aromatic nitrogens is 2. The van der Waals surface area contributed by atoms with E-state index in [9.17, 15) is 0 Å². The second-order valence-corrected chi connectivity index (χ2v) is 5.10. The lowest BCUT2D eigenvalue weighted by molar-refractivity contribution is 0.177. The van der Waals surface area contributed by atoms with E-state index >= 15 is 0 Å². The highest BCUT2D eigenvalue weighted by atomic mass is 16.5. The molecular formula is C13H23N3O. The fraction of sp³-hybridized carbons (Fsp3) is 0.769. The van der Waals surface area contributed by atoms with E-state index < -0.39 is 0 Å². The standard InChI is InChI=1S/C13H23N3O/c1-10(2)16-6-4-12(15-16)8-13(14-3)11-5-7-17-9-11/h4,6,10-11,13-14H,5,7-9H2,1-3H3. The number of nitrogens with one attached hydrogen (secondary N) is 1. The first-order valence-electron chi connectivity index (χ1n) is 6.49. The molecule has 1 saturated heterocycles. The molecule has 2 unspecified atom stereocenters. The van der Waals surface area contributed by atoms with Crippen LogP contribution in [0.2, 0.25) is 0 Å². The number of likely N-dealkylation sites (N-methyl/N-ethyl adjacent to an activating group) is 1. The van der Waals surface area contributed by atoms with Crippen molar-refractivity contribution in [2.24, 2.45) is 5.92 Å². The summed E-state index contributed by atoms with van der Waals surface area (Å²) < 4.78 is 7.48. The Morgan fingerprint density at radius 1 is 1.59 bits per heavy atom. The predicted octanol–water partition coefficient (Wildman–Crippen LogP) is 1.63. The Kier molecular flexibility index (Phi) is 4.18. The van der Waals surface area contributed by atoms with Crippen LogP contribution in [0, 0.1) is 5.92 Å². The summed E-state index contributed by atoms with van der Waals surface area (Å²) in [5.41, 5.74) is 1.17. The molecule has 96 valence electrons. The lowest BCUT2D eigenvalue weighted by Crippen LogP contribution is -2.36. The van der Waals surface area contributed by atoms with Crippen molar-refractivity contribution >= 4 is 0 Å². The highest BCUT2D eigenvalue weighted by Gasteiger charge is 2.25. The lowest BCUT2D eigenvalue weighted by Gasteiger charge is -2.20. The first-order valence-corrected chi connectivity index (χ1v) is 6.49. The van der Waals surface area contributed by atoms with Gasteiger partial charge in [-0.05, 0) is 33.4 Å². The van der Waals surface area contributed by atoms with E-state index in [0.29, 0.717) is 18.0 Å². The Morgan fingerprint density at radius 2 is 2.41 bits per heavy atom. The Bertz CT molecular complexity index is 342. The first kappa shape index (κ1) is 12.6. The Labute approximate surface area is 103 Å². The van der Waals surface area contributed by atoms with Gasteiger partial charge >= 0.3 is 0 Å². The lowest BCUT2D eigenvalue weighted by atomic mass is 9.95. The van der Waals surface area contributed by atoms with Crippen molar-refractivity contribution in [3.8, 4) is 0 Å². The van der Waals surface area contributed by atoms with Crippen LogP contribution in [0.4, 0.5) is 0 Å². The van der Waals surface area contributed by atoms with E-state index in [2.05, 4.69) is 36.5 Å². The zero-order valence-electron chi connectivity index (χ0n) is 11.0. The maximum Gasteiger partial charge on any atom is 0.0640 e. The minimum Gasteiger partial charge on any atom is -0.381 e. The van der Waals surface area contributed by atoms with Gasteiger partial charge in [-0.1, -0.05) is 0 Å². The molecule has 1 aromatic heterocycles. The van der Waals surface area contributed by atoms with Gasteiger partial charge in [-0.2, -0.15) is 5.10 Å². The van der Waals surface area contributed by atoms with Crippen molar-refractivity contribution in [3.05, 3.63) is 18.0 Å². The van der Waals surface area contributed by atoms with Gasteiger partial charge in [0, 0.05) is 37.2 Å². The molecule has 2 rings (SSSR count). The quantitative estimate of drug-likeness (QED) is 0.846. The summed E-state index contributed by atoms with van der Waals surface area (Å²) in [6.07, 6.45) is 4.22. The zero-order chi connectivity index (χ0) is 12.3. The van der Waals surface area contributed by atoms with Crippen molar-refractivity contribution in [2.45, 2.75) is 38.8 Å². The summed E-state index contributed by atoms with van der Waals surface area (Å²) in [7, 11) is 2.03. The Balaban J connectivity index is 1.97. The molecule has 1 N–H and O–H groups in total. The Morgan fingerprint density at radius 3 is 2.94 bits per heavy atom. The smallest absolute Gasteiger partial charge is 0.0640 e. The van der Waals surface area contributed by atoms with E-state index in [1.54, 1.807) is 0 Å². The van der Waals surface area contributed by atoms with Gasteiger partial charge in [0.25, 0.3) is 0 Å². The van der Waals surface area contributed by atoms with Crippen molar-refractivity contribution in [2.75, 3.05) is 20.3 Å². The van der Waals surface area contributed by atoms with Crippen molar-refractivity contribution < 1.29 is 4.74 Å². The van der Waals surface area contributed by atoms with Crippen molar-refractivity contribution in [1.29, 1.82) is 0 Å². The molecule has 0 radical (unpaired) electrons. The molecule has 2 atom stereocenters. The number of hydrogen-bond donors (Lipinski definition) is 1. The molecular weight excluding hydrogens is 214 g/mol. The third-order valence-corrected chi connectivity index (χ3v) is 3.53. The van der Waals surface area contributed by atoms with Gasteiger partial charge < -0.3 is 10.1 Å². The SMILES string of the molecule is CNC(Cc1ccn(C(C)C)n1)C1CCOC1. The van der Waals surface area contributed by atoms with Gasteiger partial charge in [-0.15, -0.1) is 0 Å². The van der Waals surface area contributed by atoms with Gasteiger partial charge in [0.2, 0.25) is 0 Å². The maximum atomic E-state index is 5.46. The number of rotatable bonds is 5. The van der Waals surface area contributed by atoms with Crippen LogP contribution in [0.3, 0.4) is 0 Å². The topological polar surface area (TPSA) is 39.1 Å². The van der Waals surface area contributed by atoms with Crippen LogP contribution in [-0.4, -0.2) is 36.1 Å². The van der Waals surface area contributed by atoms with Crippen molar-refractivity contribution in [3.63, 3.8) is 0 Å². The largest absolute Gasteiger partial charge is 0.381 e. The molecule has 0 saturated carbocycles. The van der Waals surface area contributed by atoms with E-state index in [1.165, 1.54) is 5.69 Å². The van der Waals surface area contributed by atoms with E-state index in [1.807, 2.05) is 11.7 Å². The average molecular weight is 237 g/mol. The summed E-state index contributed by atoms with van der Waals surface area (Å²) >= 11 is 0. The number of nitrogens with zero attached hydrogens (tertiary/aromatic N) is 2. The van der Waals surface area contributed by atoms with Gasteiger partial charge in [-0.25, -0.2) is 0 Å². The third-order valence-electron chi connectivity index (χ3n) is 3.53. The minimum atomic E-state index is 0.437. The summed E-state index contributed by atoms with van der Waals surface area (Å²) in [5.74, 6) is 0.629. The second kappa shape index (κ2) is 5.65. The molecule has 0 bridgehead atoms.